The fourth-order valence-corrected chi connectivity index (χ4v) is 8.88. The Morgan fingerprint density at radius 3 is 1.43 bits per heavy atom. The number of fused-ring (bicyclic) bond motifs is 2. The molecule has 23 nitrogen and oxygen atoms in total. The van der Waals surface area contributed by atoms with Gasteiger partial charge in [0.05, 0.1) is 24.2 Å². The topological polar surface area (TPSA) is 283 Å². The molecule has 0 saturated carbocycles. The summed E-state index contributed by atoms with van der Waals surface area (Å²) in [6.07, 6.45) is 0.0299. The number of nitrogens with one attached hydrogen (secondary N) is 1. The molecule has 0 fully saturated rings. The average molecular weight is 1260 g/mol. The van der Waals surface area contributed by atoms with Crippen LogP contribution in [0.5, 0.6) is 11.5 Å². The zero-order valence-corrected chi connectivity index (χ0v) is 54.0. The number of aromatic nitrogens is 4. The highest BCUT2D eigenvalue weighted by Gasteiger charge is 2.32. The maximum atomic E-state index is 13.4. The molecule has 0 atom stereocenters. The van der Waals surface area contributed by atoms with Gasteiger partial charge in [-0.2, -0.15) is 20.7 Å². The number of hydrogen-bond donors (Lipinski definition) is 2. The van der Waals surface area contributed by atoms with E-state index in [2.05, 4.69) is 33.7 Å². The van der Waals surface area contributed by atoms with Crippen LogP contribution < -0.4 is 19.7 Å². The lowest BCUT2D eigenvalue weighted by Gasteiger charge is -2.29. The lowest BCUT2D eigenvalue weighted by atomic mass is 10.1. The SMILES string of the molecule is CC(C)(C)OC(=O)CCN(CC(=O)N1CCc2cc(OCc3cc(C#N)n(-c4ccccc4)n3)ccc21)C(=O)OC(C)(C)C.CC(C)(C)OC(=O)CCN(CC(=O)O)C(=O)OC(C)(C)C.Cl.N#Cc1cc(COc2ccc3c(c2)CCN3)nn1-c1ccccc1. The highest BCUT2D eigenvalue weighted by molar-refractivity contribution is 5.98. The number of aliphatic carboxylic acids is 1. The van der Waals surface area contributed by atoms with Gasteiger partial charge in [0.15, 0.2) is 0 Å². The van der Waals surface area contributed by atoms with E-state index in [4.69, 9.17) is 33.5 Å². The van der Waals surface area contributed by atoms with E-state index in [1.807, 2.05) is 84.9 Å². The van der Waals surface area contributed by atoms with Crippen molar-refractivity contribution in [3.63, 3.8) is 0 Å². The standard InChI is InChI=1S/C33H39N5O6.C19H16N4O.C14H25NO6.ClH/c1-32(2,3)43-30(40)15-16-36(31(41)44-33(4,5)6)21-29(39)37-17-14-23-18-27(12-13-28(23)37)42-22-24-19-26(20-34)38(35-24)25-10-8-7-9-11-25;20-12-17-11-15(22-23(17)16-4-2-1-3-5-16)13-24-18-6-7-19-14(10-18)8-9-21-19;1-13(2,3)20-11(18)7-8-15(9-10(16)17)12(19)21-14(4,5)6;/h7-13,18-19H,14-17,21-22H2,1-6H3;1-7,10-11,21H,8-9,13H2;7-9H2,1-6H3,(H,16,17);1H. The number of benzene rings is 4. The fourth-order valence-electron chi connectivity index (χ4n) is 8.88. The van der Waals surface area contributed by atoms with E-state index in [0.29, 0.717) is 42.4 Å². The molecule has 6 aromatic rings. The zero-order valence-electron chi connectivity index (χ0n) is 53.2. The van der Waals surface area contributed by atoms with Crippen molar-refractivity contribution in [2.24, 2.45) is 0 Å². The number of carboxylic acid groups (broad SMARTS) is 1. The zero-order chi connectivity index (χ0) is 65.3. The molecular formula is C66H81ClN10O13. The summed E-state index contributed by atoms with van der Waals surface area (Å²) < 4.78 is 36.2. The van der Waals surface area contributed by atoms with Gasteiger partial charge in [0, 0.05) is 49.7 Å². The second-order valence-corrected chi connectivity index (χ2v) is 24.8. The van der Waals surface area contributed by atoms with E-state index in [1.54, 1.807) is 116 Å². The number of nitrogens with zero attached hydrogens (tertiary/aromatic N) is 9. The summed E-state index contributed by atoms with van der Waals surface area (Å²) in [5.41, 5.74) is 5.23. The van der Waals surface area contributed by atoms with Gasteiger partial charge in [-0.15, -0.1) is 12.4 Å². The van der Waals surface area contributed by atoms with E-state index in [1.165, 1.54) is 16.2 Å². The molecule has 0 unspecified atom stereocenters. The van der Waals surface area contributed by atoms with Gasteiger partial charge >= 0.3 is 30.1 Å². The first-order valence-corrected chi connectivity index (χ1v) is 29.1. The van der Waals surface area contributed by atoms with E-state index in [0.717, 1.165) is 51.9 Å². The summed E-state index contributed by atoms with van der Waals surface area (Å²) in [7, 11) is 0. The molecule has 0 spiro atoms. The van der Waals surface area contributed by atoms with Crippen molar-refractivity contribution in [1.82, 2.24) is 29.4 Å². The third-order valence-electron chi connectivity index (χ3n) is 12.5. The van der Waals surface area contributed by atoms with Crippen LogP contribution >= 0.6 is 12.4 Å². The van der Waals surface area contributed by atoms with Crippen molar-refractivity contribution in [3.8, 4) is 35.0 Å². The summed E-state index contributed by atoms with van der Waals surface area (Å²) in [6, 6.07) is 38.4. The van der Waals surface area contributed by atoms with Gasteiger partial charge in [0.1, 0.15) is 95.1 Å². The van der Waals surface area contributed by atoms with Crippen LogP contribution in [0.2, 0.25) is 0 Å². The number of rotatable bonds is 18. The van der Waals surface area contributed by atoms with Crippen molar-refractivity contribution < 1.29 is 62.3 Å². The van der Waals surface area contributed by atoms with Gasteiger partial charge in [0.2, 0.25) is 5.91 Å². The number of anilines is 2. The van der Waals surface area contributed by atoms with E-state index in [-0.39, 0.29) is 57.4 Å². The average Bonchev–Trinajstić information content (AvgIpc) is 2.03. The number of para-hydroxylation sites is 2. The molecule has 0 saturated heterocycles. The monoisotopic (exact) mass is 1260 g/mol. The molecule has 0 radical (unpaired) electrons. The number of ether oxygens (including phenoxy) is 6. The Kier molecular flexibility index (Phi) is 24.9. The number of esters is 2. The number of amides is 3. The number of halogens is 1. The lowest BCUT2D eigenvalue weighted by Crippen LogP contribution is -2.45. The Labute approximate surface area is 531 Å². The van der Waals surface area contributed by atoms with E-state index >= 15 is 0 Å². The minimum Gasteiger partial charge on any atom is -0.487 e. The van der Waals surface area contributed by atoms with E-state index in [9.17, 15) is 39.3 Å². The third kappa shape index (κ3) is 22.8. The molecule has 90 heavy (non-hydrogen) atoms. The highest BCUT2D eigenvalue weighted by Crippen LogP contribution is 2.33. The molecule has 8 rings (SSSR count). The van der Waals surface area contributed by atoms with Crippen LogP contribution in [0.1, 0.15) is 130 Å². The summed E-state index contributed by atoms with van der Waals surface area (Å²) in [5, 5.41) is 40.0. The quantitative estimate of drug-likeness (QED) is 0.0597. The smallest absolute Gasteiger partial charge is 0.410 e. The van der Waals surface area contributed by atoms with Crippen molar-refractivity contribution in [3.05, 3.63) is 143 Å². The van der Waals surface area contributed by atoms with Gasteiger partial charge in [-0.1, -0.05) is 36.4 Å². The summed E-state index contributed by atoms with van der Waals surface area (Å²) in [5.74, 6) is -0.994. The molecule has 3 amide bonds. The maximum Gasteiger partial charge on any atom is 0.410 e. The number of nitriles is 2. The Morgan fingerprint density at radius 1 is 0.567 bits per heavy atom. The molecule has 0 aliphatic carbocycles. The Bertz CT molecular complexity index is 3530. The molecule has 2 aliphatic heterocycles. The second-order valence-electron chi connectivity index (χ2n) is 24.8. The van der Waals surface area contributed by atoms with Crippen molar-refractivity contribution >= 4 is 59.8 Å². The molecule has 2 N–H and O–H groups in total. The number of carboxylic acids is 1. The highest BCUT2D eigenvalue weighted by atomic mass is 35.5. The van der Waals surface area contributed by atoms with Gasteiger partial charge in [-0.3, -0.25) is 29.0 Å². The predicted molar refractivity (Wildman–Crippen MR) is 338 cm³/mol. The summed E-state index contributed by atoms with van der Waals surface area (Å²) >= 11 is 0. The van der Waals surface area contributed by atoms with Crippen LogP contribution in [0.15, 0.2) is 109 Å². The minimum atomic E-state index is -1.18. The third-order valence-corrected chi connectivity index (χ3v) is 12.5. The first-order valence-electron chi connectivity index (χ1n) is 29.1. The Balaban J connectivity index is 0.000000270. The van der Waals surface area contributed by atoms with Crippen LogP contribution in [0.3, 0.4) is 0 Å². The number of hydrogen-bond acceptors (Lipinski definition) is 17. The molecule has 24 heteroatoms. The maximum absolute atomic E-state index is 13.4. The van der Waals surface area contributed by atoms with Crippen LogP contribution in [-0.2, 0) is 64.2 Å². The van der Waals surface area contributed by atoms with Crippen LogP contribution in [0.25, 0.3) is 11.4 Å². The molecule has 2 aromatic heterocycles. The molecule has 4 heterocycles. The molecular weight excluding hydrogens is 1180 g/mol. The fraction of sp³-hybridized carbons (Fsp3) is 0.424. The normalized spacial score (nSPS) is 12.2. The predicted octanol–water partition coefficient (Wildman–Crippen LogP) is 10.9. The molecule has 480 valence electrons. The van der Waals surface area contributed by atoms with E-state index < -0.39 is 59.0 Å². The first-order chi connectivity index (χ1) is 41.8. The molecule has 4 aromatic carbocycles. The van der Waals surface area contributed by atoms with Crippen molar-refractivity contribution in [1.29, 1.82) is 10.5 Å². The number of carbonyl (C=O) groups is 6. The van der Waals surface area contributed by atoms with Crippen LogP contribution in [0.4, 0.5) is 21.0 Å². The van der Waals surface area contributed by atoms with Crippen molar-refractivity contribution in [2.45, 2.75) is 144 Å². The van der Waals surface area contributed by atoms with Gasteiger partial charge in [0.25, 0.3) is 0 Å². The van der Waals surface area contributed by atoms with Crippen molar-refractivity contribution in [2.75, 3.05) is 49.5 Å². The number of carbonyl (C=O) groups excluding carboxylic acids is 5. The van der Waals surface area contributed by atoms with Gasteiger partial charge in [-0.25, -0.2) is 19.0 Å². The lowest BCUT2D eigenvalue weighted by molar-refractivity contribution is -0.156. The molecule has 2 aliphatic rings. The summed E-state index contributed by atoms with van der Waals surface area (Å²) in [4.78, 5) is 76.8. The summed E-state index contributed by atoms with van der Waals surface area (Å²) in [6.45, 7) is 21.8. The second kappa shape index (κ2) is 31.5. The van der Waals surface area contributed by atoms with Gasteiger partial charge in [-0.05, 0) is 168 Å². The Hall–Kier alpha value is -9.61. The molecule has 0 bridgehead atoms. The van der Waals surface area contributed by atoms with Crippen LogP contribution in [-0.4, -0.2) is 132 Å². The minimum absolute atomic E-state index is 0. The van der Waals surface area contributed by atoms with Gasteiger partial charge < -0.3 is 43.7 Å². The Morgan fingerprint density at radius 2 is 1.00 bits per heavy atom. The largest absolute Gasteiger partial charge is 0.487 e. The first kappa shape index (κ1) is 71.1. The van der Waals surface area contributed by atoms with Crippen LogP contribution in [0, 0.1) is 22.7 Å².